The Hall–Kier alpha value is -10.4. The van der Waals surface area contributed by atoms with Crippen LogP contribution in [0.4, 0.5) is 26.3 Å². The Labute approximate surface area is 717 Å². The standard InChI is InChI=1S/2C15H14F3N.5C14H14ClN/c1-10(2)12-5-8-14(19-9-12)11-3-6-13(7-4-11)15(16,17)18;1-10(2)12-6-7-14(19-9-12)11-4-3-5-13(8-11)15(16,17)18;1-10(2)12-5-8-14(16-9-12)11-3-6-13(15)7-4-11;1-10(2)12-7-8-16-14(9-12)11-3-5-13(15)6-4-11;1-10(2)11-6-7-16-14(9-11)12-4-3-5-13(15)8-12;1-10(2)12-6-7-14(16-9-12)11-4-3-5-13(15)8-11;1-10(2)11-7-8-14(16-9-11)12-5-3-4-6-13(12)15/h2*3-10H,1-2H3;5*3-10H,1-2H3. The fraction of sp³-hybridized carbons (Fsp3) is 0.230. The minimum Gasteiger partial charge on any atom is -0.256 e. The molecule has 0 saturated carbocycles. The first kappa shape index (κ1) is 93.1. The molecule has 0 N–H and O–H groups in total. The predicted octanol–water partition coefficient (Wildman–Crippen LogP) is 32.4. The third-order valence-corrected chi connectivity index (χ3v) is 20.1. The maximum Gasteiger partial charge on any atom is 0.416 e. The first-order valence-corrected chi connectivity index (χ1v) is 40.8. The average molecular weight is 1690 g/mol. The molecule has 7 nitrogen and oxygen atoms in total. The van der Waals surface area contributed by atoms with Crippen LogP contribution >= 0.6 is 58.0 Å². The molecule has 0 aliphatic rings. The van der Waals surface area contributed by atoms with Crippen LogP contribution in [-0.4, -0.2) is 34.9 Å². The first-order valence-electron chi connectivity index (χ1n) is 39.0. The van der Waals surface area contributed by atoms with Crippen LogP contribution in [0.25, 0.3) is 78.8 Å². The van der Waals surface area contributed by atoms with Crippen LogP contribution in [0, 0.1) is 0 Å². The number of pyridine rings is 7. The molecule has 0 unspecified atom stereocenters. The largest absolute Gasteiger partial charge is 0.416 e. The summed E-state index contributed by atoms with van der Waals surface area (Å²) in [6, 6.07) is 77.3. The summed E-state index contributed by atoms with van der Waals surface area (Å²) in [6.45, 7) is 29.9. The monoisotopic (exact) mass is 1690 g/mol. The van der Waals surface area contributed by atoms with E-state index in [0.29, 0.717) is 63.9 Å². The second kappa shape index (κ2) is 45.0. The van der Waals surface area contributed by atoms with Crippen molar-refractivity contribution in [3.63, 3.8) is 0 Å². The van der Waals surface area contributed by atoms with Gasteiger partial charge in [0.25, 0.3) is 0 Å². The van der Waals surface area contributed by atoms with Gasteiger partial charge in [-0.05, 0) is 214 Å². The Morgan fingerprint density at radius 3 is 0.839 bits per heavy atom. The first-order chi connectivity index (χ1) is 56.1. The molecule has 0 saturated heterocycles. The predicted molar refractivity (Wildman–Crippen MR) is 481 cm³/mol. The molecule has 14 rings (SSSR count). The van der Waals surface area contributed by atoms with E-state index in [2.05, 4.69) is 167 Å². The van der Waals surface area contributed by atoms with Crippen molar-refractivity contribution in [2.24, 2.45) is 0 Å². The van der Waals surface area contributed by atoms with E-state index >= 15 is 0 Å². The highest BCUT2D eigenvalue weighted by atomic mass is 35.5. The molecular weight excluding hydrogens is 1590 g/mol. The molecule has 610 valence electrons. The molecule has 0 aliphatic carbocycles. The number of hydrogen-bond donors (Lipinski definition) is 0. The maximum absolute atomic E-state index is 12.6. The molecule has 0 radical (unpaired) electrons. The molecule has 14 aromatic rings. The van der Waals surface area contributed by atoms with Gasteiger partial charge < -0.3 is 0 Å². The average Bonchev–Trinajstić information content (AvgIpc) is 0.818. The van der Waals surface area contributed by atoms with E-state index in [4.69, 9.17) is 58.0 Å². The van der Waals surface area contributed by atoms with Gasteiger partial charge in [0.05, 0.1) is 51.0 Å². The minimum atomic E-state index is -4.33. The van der Waals surface area contributed by atoms with Crippen LogP contribution in [0.5, 0.6) is 0 Å². The second-order valence-corrected chi connectivity index (χ2v) is 32.2. The van der Waals surface area contributed by atoms with Gasteiger partial charge in [-0.3, -0.25) is 34.9 Å². The number of hydrogen-bond acceptors (Lipinski definition) is 7. The van der Waals surface area contributed by atoms with E-state index in [1.165, 1.54) is 46.0 Å². The molecule has 118 heavy (non-hydrogen) atoms. The van der Waals surface area contributed by atoms with Crippen molar-refractivity contribution in [3.8, 4) is 78.8 Å². The van der Waals surface area contributed by atoms with Gasteiger partial charge in [0.15, 0.2) is 0 Å². The number of benzene rings is 7. The van der Waals surface area contributed by atoms with Crippen LogP contribution in [-0.2, 0) is 12.4 Å². The fourth-order valence-electron chi connectivity index (χ4n) is 11.4. The van der Waals surface area contributed by atoms with Crippen LogP contribution in [0.3, 0.4) is 0 Å². The van der Waals surface area contributed by atoms with E-state index in [-0.39, 0.29) is 0 Å². The number of halogens is 11. The van der Waals surface area contributed by atoms with Crippen LogP contribution in [0.2, 0.25) is 25.1 Å². The topological polar surface area (TPSA) is 90.2 Å². The van der Waals surface area contributed by atoms with Gasteiger partial charge in [-0.2, -0.15) is 26.3 Å². The van der Waals surface area contributed by atoms with Crippen LogP contribution < -0.4 is 0 Å². The summed E-state index contributed by atoms with van der Waals surface area (Å²) in [5, 5.41) is 3.74. The van der Waals surface area contributed by atoms with Crippen molar-refractivity contribution in [2.45, 2.75) is 151 Å². The number of nitrogens with zero attached hydrogens (tertiary/aromatic N) is 7. The van der Waals surface area contributed by atoms with Gasteiger partial charge >= 0.3 is 12.4 Å². The van der Waals surface area contributed by atoms with Crippen molar-refractivity contribution < 1.29 is 26.3 Å². The summed E-state index contributed by atoms with van der Waals surface area (Å²) in [4.78, 5) is 30.6. The zero-order valence-corrected chi connectivity index (χ0v) is 72.4. The van der Waals surface area contributed by atoms with Crippen molar-refractivity contribution in [1.82, 2.24) is 34.9 Å². The third kappa shape index (κ3) is 29.3. The molecule has 7 aromatic heterocycles. The van der Waals surface area contributed by atoms with Gasteiger partial charge in [-0.25, -0.2) is 0 Å². The summed E-state index contributed by atoms with van der Waals surface area (Å²) in [5.41, 5.74) is 19.8. The molecule has 7 aromatic carbocycles. The van der Waals surface area contributed by atoms with Gasteiger partial charge in [0.2, 0.25) is 0 Å². The van der Waals surface area contributed by atoms with Gasteiger partial charge in [0, 0.05) is 107 Å². The lowest BCUT2D eigenvalue weighted by Crippen LogP contribution is -2.04. The van der Waals surface area contributed by atoms with Gasteiger partial charge in [-0.15, -0.1) is 0 Å². The lowest BCUT2D eigenvalue weighted by Gasteiger charge is -2.09. The third-order valence-electron chi connectivity index (χ3n) is 18.8. The van der Waals surface area contributed by atoms with Crippen molar-refractivity contribution in [1.29, 1.82) is 0 Å². The zero-order valence-electron chi connectivity index (χ0n) is 68.6. The molecule has 7 heterocycles. The number of alkyl halides is 6. The quantitative estimate of drug-likeness (QED) is 0.100. The van der Waals surface area contributed by atoms with E-state index in [9.17, 15) is 26.3 Å². The smallest absolute Gasteiger partial charge is 0.256 e. The molecule has 0 spiro atoms. The number of aromatic nitrogens is 7. The summed E-state index contributed by atoms with van der Waals surface area (Å²) >= 11 is 29.7. The zero-order chi connectivity index (χ0) is 85.8. The Bertz CT molecular complexity index is 5370. The highest BCUT2D eigenvalue weighted by molar-refractivity contribution is 6.33. The lowest BCUT2D eigenvalue weighted by atomic mass is 10.0. The van der Waals surface area contributed by atoms with Crippen molar-refractivity contribution in [2.75, 3.05) is 0 Å². The number of rotatable bonds is 14. The lowest BCUT2D eigenvalue weighted by molar-refractivity contribution is -0.138. The normalized spacial score (nSPS) is 11.1. The van der Waals surface area contributed by atoms with E-state index in [1.54, 1.807) is 24.5 Å². The minimum absolute atomic E-state index is 0.350. The Balaban J connectivity index is 0.000000172. The van der Waals surface area contributed by atoms with E-state index in [1.807, 2.05) is 196 Å². The Morgan fingerprint density at radius 1 is 0.220 bits per heavy atom. The molecule has 0 bridgehead atoms. The summed E-state index contributed by atoms with van der Waals surface area (Å²) in [7, 11) is 0. The highest BCUT2D eigenvalue weighted by Gasteiger charge is 2.31. The summed E-state index contributed by atoms with van der Waals surface area (Å²) in [5.74, 6) is 3.31. The van der Waals surface area contributed by atoms with Crippen LogP contribution in [0.15, 0.2) is 298 Å². The van der Waals surface area contributed by atoms with Gasteiger partial charge in [-0.1, -0.05) is 276 Å². The van der Waals surface area contributed by atoms with Gasteiger partial charge in [0.1, 0.15) is 0 Å². The van der Waals surface area contributed by atoms with Crippen molar-refractivity contribution >= 4 is 58.0 Å². The Kier molecular flexibility index (Phi) is 35.5. The fourth-order valence-corrected chi connectivity index (χ4v) is 12.3. The molecular formula is C100H98Cl5F6N7. The second-order valence-electron chi connectivity index (χ2n) is 30.1. The van der Waals surface area contributed by atoms with E-state index in [0.717, 1.165) is 117 Å². The highest BCUT2D eigenvalue weighted by Crippen LogP contribution is 2.35. The molecule has 0 fully saturated rings. The molecule has 0 atom stereocenters. The maximum atomic E-state index is 12.6. The summed E-state index contributed by atoms with van der Waals surface area (Å²) in [6.07, 6.45) is 4.35. The van der Waals surface area contributed by atoms with Crippen molar-refractivity contribution in [3.05, 3.63) is 373 Å². The van der Waals surface area contributed by atoms with E-state index < -0.39 is 23.5 Å². The molecule has 0 aliphatic heterocycles. The SMILES string of the molecule is CC(C)c1ccc(-c2ccc(C(F)(F)F)cc2)nc1.CC(C)c1ccc(-c2ccc(Cl)cc2)nc1.CC(C)c1ccc(-c2cccc(C(F)(F)F)c2)nc1.CC(C)c1ccc(-c2cccc(Cl)c2)nc1.CC(C)c1ccc(-c2ccccc2Cl)nc1.CC(C)c1ccnc(-c2ccc(Cl)cc2)c1.CC(C)c1ccnc(-c2cccc(Cl)c2)c1. The Morgan fingerprint density at radius 2 is 0.517 bits per heavy atom. The molecule has 0 amide bonds. The van der Waals surface area contributed by atoms with Crippen LogP contribution in [0.1, 0.15) is 188 Å². The molecule has 18 heteroatoms. The summed E-state index contributed by atoms with van der Waals surface area (Å²) < 4.78 is 75.2.